The van der Waals surface area contributed by atoms with E-state index >= 15 is 0 Å². The van der Waals surface area contributed by atoms with Gasteiger partial charge >= 0.3 is 0 Å². The molecule has 4 rings (SSSR count). The Labute approximate surface area is 192 Å². The topological polar surface area (TPSA) is 75.8 Å². The summed E-state index contributed by atoms with van der Waals surface area (Å²) in [5.74, 6) is 0. The van der Waals surface area contributed by atoms with Crippen LogP contribution >= 0.6 is 11.6 Å². The van der Waals surface area contributed by atoms with Gasteiger partial charge in [0.1, 0.15) is 17.5 Å². The average Bonchev–Trinajstić information content (AvgIpc) is 3.17. The summed E-state index contributed by atoms with van der Waals surface area (Å²) in [5.41, 5.74) is 4.47. The molecule has 160 valence electrons. The lowest BCUT2D eigenvalue weighted by atomic mass is 9.99. The summed E-state index contributed by atoms with van der Waals surface area (Å²) in [6, 6.07) is 26.2. The first-order chi connectivity index (χ1) is 15.4. The average molecular weight is 462 g/mol. The van der Waals surface area contributed by atoms with Gasteiger partial charge < -0.3 is 0 Å². The fourth-order valence-corrected chi connectivity index (χ4v) is 4.33. The van der Waals surface area contributed by atoms with Crippen molar-refractivity contribution in [3.05, 3.63) is 95.1 Å². The van der Waals surface area contributed by atoms with E-state index in [0.717, 1.165) is 23.1 Å². The minimum absolute atomic E-state index is 0.235. The number of aryl methyl sites for hydroxylation is 2. The van der Waals surface area contributed by atoms with Gasteiger partial charge in [-0.05, 0) is 41.8 Å². The van der Waals surface area contributed by atoms with E-state index in [1.165, 1.54) is 6.26 Å². The van der Waals surface area contributed by atoms with Crippen molar-refractivity contribution in [3.63, 3.8) is 0 Å². The van der Waals surface area contributed by atoms with Gasteiger partial charge in [-0.15, -0.1) is 0 Å². The van der Waals surface area contributed by atoms with Crippen molar-refractivity contribution in [1.29, 1.82) is 5.26 Å². The molecule has 4 aromatic rings. The van der Waals surface area contributed by atoms with E-state index in [-0.39, 0.29) is 4.90 Å². The van der Waals surface area contributed by atoms with Crippen LogP contribution in [0, 0.1) is 11.3 Å². The van der Waals surface area contributed by atoms with E-state index in [4.69, 9.17) is 16.7 Å². The van der Waals surface area contributed by atoms with E-state index < -0.39 is 9.84 Å². The van der Waals surface area contributed by atoms with Gasteiger partial charge in [-0.1, -0.05) is 66.2 Å². The molecular formula is C25H20ClN3O2S. The Morgan fingerprint density at radius 3 is 2.16 bits per heavy atom. The monoisotopic (exact) mass is 461 g/mol. The summed E-state index contributed by atoms with van der Waals surface area (Å²) >= 11 is 6.07. The molecule has 0 bridgehead atoms. The Morgan fingerprint density at radius 2 is 1.56 bits per heavy atom. The summed E-state index contributed by atoms with van der Waals surface area (Å²) in [6.07, 6.45) is 1.90. The number of sulfone groups is 1. The minimum Gasteiger partial charge on any atom is -0.253 e. The van der Waals surface area contributed by atoms with E-state index in [2.05, 4.69) is 6.07 Å². The van der Waals surface area contributed by atoms with Crippen molar-refractivity contribution < 1.29 is 8.42 Å². The molecule has 0 spiro atoms. The predicted octanol–water partition coefficient (Wildman–Crippen LogP) is 5.39. The highest BCUT2D eigenvalue weighted by Gasteiger charge is 2.21. The summed E-state index contributed by atoms with van der Waals surface area (Å²) in [4.78, 5) is 0.235. The molecule has 5 nitrogen and oxygen atoms in total. The maximum atomic E-state index is 11.9. The zero-order valence-electron chi connectivity index (χ0n) is 17.4. The fraction of sp³-hybridized carbons (Fsp3) is 0.120. The van der Waals surface area contributed by atoms with Crippen LogP contribution in [0.25, 0.3) is 22.4 Å². The molecule has 32 heavy (non-hydrogen) atoms. The van der Waals surface area contributed by atoms with Crippen molar-refractivity contribution in [2.24, 2.45) is 0 Å². The van der Waals surface area contributed by atoms with Gasteiger partial charge in [-0.3, -0.25) is 4.68 Å². The highest BCUT2D eigenvalue weighted by molar-refractivity contribution is 7.90. The summed E-state index contributed by atoms with van der Waals surface area (Å²) < 4.78 is 25.4. The van der Waals surface area contributed by atoms with Crippen LogP contribution in [-0.4, -0.2) is 24.5 Å². The molecule has 0 saturated carbocycles. The second-order valence-electron chi connectivity index (χ2n) is 7.45. The SMILES string of the molecule is CS(=O)(=O)c1ccc(-c2nn(CCc3ccccc3)c(C#N)c2-c2ccc(Cl)cc2)cc1. The zero-order chi connectivity index (χ0) is 22.7. The second-order valence-corrected chi connectivity index (χ2v) is 9.90. The van der Waals surface area contributed by atoms with Crippen molar-refractivity contribution in [2.45, 2.75) is 17.9 Å². The Balaban J connectivity index is 1.83. The molecule has 7 heteroatoms. The molecule has 1 heterocycles. The maximum Gasteiger partial charge on any atom is 0.175 e. The molecule has 0 aliphatic heterocycles. The molecule has 0 aliphatic rings. The fourth-order valence-electron chi connectivity index (χ4n) is 3.57. The quantitative estimate of drug-likeness (QED) is 0.386. The molecule has 0 radical (unpaired) electrons. The molecular weight excluding hydrogens is 442 g/mol. The van der Waals surface area contributed by atoms with Crippen molar-refractivity contribution >= 4 is 21.4 Å². The molecule has 0 amide bonds. The lowest BCUT2D eigenvalue weighted by molar-refractivity contribution is 0.602. The van der Waals surface area contributed by atoms with Crippen LogP contribution in [0.2, 0.25) is 5.02 Å². The number of halogens is 1. The Kier molecular flexibility index (Phi) is 6.13. The van der Waals surface area contributed by atoms with E-state index in [1.807, 2.05) is 42.5 Å². The summed E-state index contributed by atoms with van der Waals surface area (Å²) in [6.45, 7) is 0.537. The number of nitrogens with zero attached hydrogens (tertiary/aromatic N) is 3. The van der Waals surface area contributed by atoms with Gasteiger partial charge in [0, 0.05) is 29.0 Å². The first kappa shape index (κ1) is 21.8. The van der Waals surface area contributed by atoms with Gasteiger partial charge in [-0.2, -0.15) is 10.4 Å². The Bertz CT molecular complexity index is 1390. The highest BCUT2D eigenvalue weighted by Crippen LogP contribution is 2.35. The predicted molar refractivity (Wildman–Crippen MR) is 126 cm³/mol. The third kappa shape index (κ3) is 4.59. The third-order valence-corrected chi connectivity index (χ3v) is 6.58. The highest BCUT2D eigenvalue weighted by atomic mass is 35.5. The van der Waals surface area contributed by atoms with Crippen molar-refractivity contribution in [1.82, 2.24) is 9.78 Å². The van der Waals surface area contributed by atoms with Crippen LogP contribution < -0.4 is 0 Å². The smallest absolute Gasteiger partial charge is 0.175 e. The third-order valence-electron chi connectivity index (χ3n) is 5.20. The van der Waals surface area contributed by atoms with Crippen LogP contribution in [-0.2, 0) is 22.8 Å². The van der Waals surface area contributed by atoms with Crippen LogP contribution in [0.4, 0.5) is 0 Å². The largest absolute Gasteiger partial charge is 0.253 e. The van der Waals surface area contributed by atoms with Gasteiger partial charge in [-0.25, -0.2) is 8.42 Å². The van der Waals surface area contributed by atoms with Crippen LogP contribution in [0.1, 0.15) is 11.3 Å². The molecule has 1 aromatic heterocycles. The molecule has 0 unspecified atom stereocenters. The van der Waals surface area contributed by atoms with Crippen molar-refractivity contribution in [2.75, 3.05) is 6.26 Å². The van der Waals surface area contributed by atoms with E-state index in [1.54, 1.807) is 41.1 Å². The maximum absolute atomic E-state index is 11.9. The number of aromatic nitrogens is 2. The molecule has 0 fully saturated rings. The number of nitriles is 1. The number of hydrogen-bond acceptors (Lipinski definition) is 4. The lowest BCUT2D eigenvalue weighted by Gasteiger charge is -2.05. The summed E-state index contributed by atoms with van der Waals surface area (Å²) in [5, 5.41) is 15.4. The van der Waals surface area contributed by atoms with Gasteiger partial charge in [0.2, 0.25) is 0 Å². The first-order valence-corrected chi connectivity index (χ1v) is 12.2. The van der Waals surface area contributed by atoms with Crippen molar-refractivity contribution in [3.8, 4) is 28.5 Å². The molecule has 3 aromatic carbocycles. The van der Waals surface area contributed by atoms with Gasteiger partial charge in [0.05, 0.1) is 4.90 Å². The number of rotatable bonds is 6. The van der Waals surface area contributed by atoms with E-state index in [0.29, 0.717) is 28.5 Å². The van der Waals surface area contributed by atoms with Gasteiger partial charge in [0.25, 0.3) is 0 Å². The van der Waals surface area contributed by atoms with Crippen LogP contribution in [0.15, 0.2) is 83.8 Å². The Morgan fingerprint density at radius 1 is 0.938 bits per heavy atom. The van der Waals surface area contributed by atoms with Gasteiger partial charge in [0.15, 0.2) is 9.84 Å². The van der Waals surface area contributed by atoms with Crippen LogP contribution in [0.5, 0.6) is 0 Å². The normalized spacial score (nSPS) is 11.3. The minimum atomic E-state index is -3.31. The summed E-state index contributed by atoms with van der Waals surface area (Å²) in [7, 11) is -3.31. The first-order valence-electron chi connectivity index (χ1n) is 9.98. The van der Waals surface area contributed by atoms with Crippen LogP contribution in [0.3, 0.4) is 0 Å². The molecule has 0 N–H and O–H groups in total. The van der Waals surface area contributed by atoms with E-state index in [9.17, 15) is 13.7 Å². The Hall–Kier alpha value is -3.40. The molecule has 0 aliphatic carbocycles. The zero-order valence-corrected chi connectivity index (χ0v) is 18.9. The lowest BCUT2D eigenvalue weighted by Crippen LogP contribution is -2.06. The standard InChI is InChI=1S/C25H20ClN3O2S/c1-32(30,31)22-13-9-20(10-14-22)25-24(19-7-11-21(26)12-8-19)23(17-27)29(28-25)16-15-18-5-3-2-4-6-18/h2-14H,15-16H2,1H3. The number of benzene rings is 3. The second kappa shape index (κ2) is 8.99. The molecule has 0 saturated heterocycles. The molecule has 0 atom stereocenters. The number of hydrogen-bond donors (Lipinski definition) is 0.